The molecule has 0 saturated carbocycles. The Hall–Kier alpha value is -1.00. The zero-order valence-corrected chi connectivity index (χ0v) is 19.2. The van der Waals surface area contributed by atoms with Gasteiger partial charge < -0.3 is 9.84 Å². The van der Waals surface area contributed by atoms with Crippen LogP contribution in [0, 0.1) is 6.92 Å². The van der Waals surface area contributed by atoms with Crippen LogP contribution in [0.5, 0.6) is 0 Å². The number of hydrogen-bond acceptors (Lipinski definition) is 4. The van der Waals surface area contributed by atoms with Gasteiger partial charge in [-0.1, -0.05) is 56.5 Å². The summed E-state index contributed by atoms with van der Waals surface area (Å²) in [6.07, 6.45) is 3.98. The minimum absolute atomic E-state index is 0.139. The Kier molecular flexibility index (Phi) is 12.7. The lowest BCUT2D eigenvalue weighted by Gasteiger charge is -2.32. The zero-order chi connectivity index (χ0) is 20.9. The minimum Gasteiger partial charge on any atom is -0.459 e. The summed E-state index contributed by atoms with van der Waals surface area (Å²) in [5.74, 6) is 1.73. The summed E-state index contributed by atoms with van der Waals surface area (Å²) < 4.78 is 5.74. The minimum atomic E-state index is -0.614. The quantitative estimate of drug-likeness (QED) is 0.395. The molecule has 1 unspecified atom stereocenters. The summed E-state index contributed by atoms with van der Waals surface area (Å²) in [7, 11) is 0. The largest absolute Gasteiger partial charge is 0.459 e. The molecule has 0 heterocycles. The topological polar surface area (TPSA) is 46.5 Å². The molecule has 0 bridgehead atoms. The van der Waals surface area contributed by atoms with Gasteiger partial charge in [0.05, 0.1) is 12.0 Å². The molecule has 1 atom stereocenters. The lowest BCUT2D eigenvalue weighted by atomic mass is 9.77. The lowest BCUT2D eigenvalue weighted by Crippen LogP contribution is -2.39. The van der Waals surface area contributed by atoms with Crippen LogP contribution in [0.25, 0.3) is 0 Å². The van der Waals surface area contributed by atoms with E-state index in [4.69, 9.17) is 9.84 Å². The van der Waals surface area contributed by atoms with Crippen molar-refractivity contribution in [3.05, 3.63) is 35.4 Å². The highest BCUT2D eigenvalue weighted by molar-refractivity contribution is 7.99. The highest BCUT2D eigenvalue weighted by Crippen LogP contribution is 2.33. The van der Waals surface area contributed by atoms with Gasteiger partial charge in [-0.25, -0.2) is 0 Å². The number of carbonyl (C=O) groups is 1. The van der Waals surface area contributed by atoms with Crippen LogP contribution in [0.2, 0.25) is 0 Å². The van der Waals surface area contributed by atoms with Crippen LogP contribution in [0.1, 0.15) is 78.4 Å². The molecule has 0 amide bonds. The molecular formula is C23H40O3S. The van der Waals surface area contributed by atoms with E-state index < -0.39 is 11.0 Å². The monoisotopic (exact) mass is 396 g/mol. The number of aliphatic hydroxyl groups is 1. The predicted molar refractivity (Wildman–Crippen MR) is 119 cm³/mol. The third-order valence-corrected chi connectivity index (χ3v) is 5.25. The SMILES string of the molecule is CC.Cc1cccc(C(C)(CCCCCSCCO)C(=O)OC(C)(C)C)c1. The summed E-state index contributed by atoms with van der Waals surface area (Å²) in [6, 6.07) is 8.20. The second kappa shape index (κ2) is 13.2. The molecule has 0 radical (unpaired) electrons. The van der Waals surface area contributed by atoms with Gasteiger partial charge in [0.15, 0.2) is 0 Å². The van der Waals surface area contributed by atoms with Crippen LogP contribution in [-0.2, 0) is 14.9 Å². The van der Waals surface area contributed by atoms with Gasteiger partial charge in [-0.15, -0.1) is 0 Å². The number of thioether (sulfide) groups is 1. The van der Waals surface area contributed by atoms with Crippen LogP contribution >= 0.6 is 11.8 Å². The first kappa shape index (κ1) is 26.0. The van der Waals surface area contributed by atoms with Crippen molar-refractivity contribution >= 4 is 17.7 Å². The maximum absolute atomic E-state index is 12.9. The Morgan fingerprint density at radius 1 is 1.07 bits per heavy atom. The van der Waals surface area contributed by atoms with Crippen molar-refractivity contribution in [2.24, 2.45) is 0 Å². The number of unbranched alkanes of at least 4 members (excludes halogenated alkanes) is 2. The number of aryl methyl sites for hydroxylation is 1. The van der Waals surface area contributed by atoms with Crippen molar-refractivity contribution in [3.63, 3.8) is 0 Å². The molecule has 0 aromatic heterocycles. The number of esters is 1. The van der Waals surface area contributed by atoms with Crippen LogP contribution < -0.4 is 0 Å². The van der Waals surface area contributed by atoms with Crippen molar-refractivity contribution in [3.8, 4) is 0 Å². The van der Waals surface area contributed by atoms with E-state index in [1.54, 1.807) is 11.8 Å². The number of aliphatic hydroxyl groups excluding tert-OH is 1. The van der Waals surface area contributed by atoms with Gasteiger partial charge in [0.2, 0.25) is 0 Å². The van der Waals surface area contributed by atoms with Crippen LogP contribution in [0.15, 0.2) is 24.3 Å². The fraction of sp³-hybridized carbons (Fsp3) is 0.696. The number of benzene rings is 1. The zero-order valence-electron chi connectivity index (χ0n) is 18.4. The van der Waals surface area contributed by atoms with Crippen LogP contribution in [0.4, 0.5) is 0 Å². The van der Waals surface area contributed by atoms with E-state index in [-0.39, 0.29) is 12.6 Å². The van der Waals surface area contributed by atoms with Gasteiger partial charge >= 0.3 is 5.97 Å². The standard InChI is InChI=1S/C21H34O3S.C2H6/c1-17-10-9-11-18(16-17)21(5,19(23)24-20(2,3)4)12-7-6-8-14-25-15-13-22;1-2/h9-11,16,22H,6-8,12-15H2,1-5H3;1-2H3. The maximum atomic E-state index is 12.9. The van der Waals surface area contributed by atoms with Crippen LogP contribution in [-0.4, -0.2) is 34.8 Å². The Bertz CT molecular complexity index is 537. The summed E-state index contributed by atoms with van der Waals surface area (Å²) in [6.45, 7) is 14.1. The maximum Gasteiger partial charge on any atom is 0.316 e. The average molecular weight is 397 g/mol. The van der Waals surface area contributed by atoms with Gasteiger partial charge in [0.1, 0.15) is 5.60 Å². The summed E-state index contributed by atoms with van der Waals surface area (Å²) in [5, 5.41) is 8.81. The van der Waals surface area contributed by atoms with Crippen molar-refractivity contribution < 1.29 is 14.6 Å². The van der Waals surface area contributed by atoms with E-state index in [1.165, 1.54) is 0 Å². The van der Waals surface area contributed by atoms with Crippen molar-refractivity contribution in [2.75, 3.05) is 18.1 Å². The lowest BCUT2D eigenvalue weighted by molar-refractivity contribution is -0.162. The molecule has 0 fully saturated rings. The molecule has 27 heavy (non-hydrogen) atoms. The molecule has 1 aromatic rings. The third kappa shape index (κ3) is 10.2. The highest BCUT2D eigenvalue weighted by atomic mass is 32.2. The fourth-order valence-electron chi connectivity index (χ4n) is 2.77. The Balaban J connectivity index is 0.00000326. The smallest absolute Gasteiger partial charge is 0.316 e. The van der Waals surface area contributed by atoms with Gasteiger partial charge in [-0.05, 0) is 58.8 Å². The number of carbonyl (C=O) groups excluding carboxylic acids is 1. The van der Waals surface area contributed by atoms with E-state index in [9.17, 15) is 4.79 Å². The number of hydrogen-bond donors (Lipinski definition) is 1. The highest BCUT2D eigenvalue weighted by Gasteiger charge is 2.38. The predicted octanol–water partition coefficient (Wildman–Crippen LogP) is 5.91. The van der Waals surface area contributed by atoms with Gasteiger partial charge in [-0.2, -0.15) is 11.8 Å². The molecule has 156 valence electrons. The third-order valence-electron chi connectivity index (χ3n) is 4.21. The summed E-state index contributed by atoms with van der Waals surface area (Å²) in [4.78, 5) is 12.9. The second-order valence-corrected chi connectivity index (χ2v) is 9.07. The molecule has 0 aliphatic rings. The normalized spacial score (nSPS) is 13.3. The van der Waals surface area contributed by atoms with Gasteiger partial charge in [0.25, 0.3) is 0 Å². The molecule has 4 heteroatoms. The Labute approximate surface area is 171 Å². The molecule has 0 saturated heterocycles. The Morgan fingerprint density at radius 3 is 2.30 bits per heavy atom. The van der Waals surface area contributed by atoms with E-state index in [0.29, 0.717) is 0 Å². The van der Waals surface area contributed by atoms with Crippen molar-refractivity contribution in [1.29, 1.82) is 0 Å². The van der Waals surface area contributed by atoms with Gasteiger partial charge in [0, 0.05) is 5.75 Å². The summed E-state index contributed by atoms with van der Waals surface area (Å²) in [5.41, 5.74) is 1.10. The van der Waals surface area contributed by atoms with Gasteiger partial charge in [-0.3, -0.25) is 4.79 Å². The molecule has 0 aliphatic heterocycles. The molecule has 0 spiro atoms. The number of rotatable bonds is 10. The van der Waals surface area contributed by atoms with E-state index >= 15 is 0 Å². The first-order chi connectivity index (χ1) is 12.7. The van der Waals surface area contributed by atoms with Crippen molar-refractivity contribution in [2.45, 2.75) is 85.2 Å². The molecule has 0 aliphatic carbocycles. The second-order valence-electron chi connectivity index (χ2n) is 7.85. The van der Waals surface area contributed by atoms with E-state index in [0.717, 1.165) is 48.3 Å². The number of ether oxygens (including phenoxy) is 1. The molecule has 1 aromatic carbocycles. The van der Waals surface area contributed by atoms with Crippen molar-refractivity contribution in [1.82, 2.24) is 0 Å². The first-order valence-corrected chi connectivity index (χ1v) is 11.3. The fourth-order valence-corrected chi connectivity index (χ4v) is 3.51. The van der Waals surface area contributed by atoms with Crippen LogP contribution in [0.3, 0.4) is 0 Å². The Morgan fingerprint density at radius 2 is 1.74 bits per heavy atom. The molecule has 1 N–H and O–H groups in total. The average Bonchev–Trinajstić information content (AvgIpc) is 2.61. The van der Waals surface area contributed by atoms with E-state index in [1.807, 2.05) is 53.7 Å². The van der Waals surface area contributed by atoms with E-state index in [2.05, 4.69) is 19.1 Å². The molecular weight excluding hydrogens is 356 g/mol. The summed E-state index contributed by atoms with van der Waals surface area (Å²) >= 11 is 1.78. The first-order valence-electron chi connectivity index (χ1n) is 10.2. The molecule has 1 rings (SSSR count). The molecule has 3 nitrogen and oxygen atoms in total.